The van der Waals surface area contributed by atoms with Crippen molar-refractivity contribution in [2.75, 3.05) is 6.61 Å². The number of aliphatic hydroxyl groups excluding tert-OH is 1. The normalized spacial score (nSPS) is 12.5. The van der Waals surface area contributed by atoms with E-state index in [2.05, 4.69) is 5.43 Å². The first-order chi connectivity index (χ1) is 8.08. The van der Waals surface area contributed by atoms with E-state index in [-0.39, 0.29) is 12.5 Å². The largest absolute Gasteiger partial charge is 0.465 e. The zero-order valence-corrected chi connectivity index (χ0v) is 10.8. The van der Waals surface area contributed by atoms with Crippen LogP contribution in [0.4, 0.5) is 0 Å². The van der Waals surface area contributed by atoms with Gasteiger partial charge in [0.1, 0.15) is 11.5 Å². The van der Waals surface area contributed by atoms with Crippen LogP contribution in [0.1, 0.15) is 35.2 Å². The van der Waals surface area contributed by atoms with Gasteiger partial charge < -0.3 is 9.52 Å². The number of rotatable bonds is 6. The molecule has 0 spiro atoms. The number of furan rings is 1. The predicted molar refractivity (Wildman–Crippen MR) is 67.6 cm³/mol. The number of aliphatic hydroxyl groups is 1. The number of hydrogen-bond donors (Lipinski definition) is 3. The summed E-state index contributed by atoms with van der Waals surface area (Å²) in [7, 11) is 0. The molecule has 0 saturated heterocycles. The lowest BCUT2D eigenvalue weighted by Gasteiger charge is -2.06. The molecule has 1 heterocycles. The SMILES string of the molecule is Cc1oc(CSC(C)CCO)cc1C(=O)NN. The van der Waals surface area contributed by atoms with E-state index in [0.717, 1.165) is 12.2 Å². The van der Waals surface area contributed by atoms with Gasteiger partial charge in [0.05, 0.1) is 11.3 Å². The number of carbonyl (C=O) groups excluding carboxylic acids is 1. The van der Waals surface area contributed by atoms with E-state index in [1.54, 1.807) is 24.8 Å². The molecule has 1 aromatic heterocycles. The predicted octanol–water partition coefficient (Wildman–Crippen LogP) is 1.20. The number of nitrogens with two attached hydrogens (primary N) is 1. The van der Waals surface area contributed by atoms with Crippen molar-refractivity contribution < 1.29 is 14.3 Å². The number of aryl methyl sites for hydroxylation is 1. The van der Waals surface area contributed by atoms with E-state index in [1.165, 1.54) is 0 Å². The van der Waals surface area contributed by atoms with Crippen molar-refractivity contribution in [3.8, 4) is 0 Å². The molecule has 96 valence electrons. The van der Waals surface area contributed by atoms with Gasteiger partial charge in [-0.15, -0.1) is 0 Å². The number of hydrogen-bond acceptors (Lipinski definition) is 5. The molecule has 6 heteroatoms. The Bertz CT molecular complexity index is 379. The van der Waals surface area contributed by atoms with Crippen molar-refractivity contribution in [1.82, 2.24) is 5.43 Å². The van der Waals surface area contributed by atoms with Crippen molar-refractivity contribution in [3.63, 3.8) is 0 Å². The van der Waals surface area contributed by atoms with E-state index in [0.29, 0.717) is 22.3 Å². The molecule has 0 radical (unpaired) electrons. The number of amides is 1. The zero-order valence-electron chi connectivity index (χ0n) is 10.0. The zero-order chi connectivity index (χ0) is 12.8. The molecule has 0 aliphatic rings. The highest BCUT2D eigenvalue weighted by Gasteiger charge is 2.14. The van der Waals surface area contributed by atoms with Crippen LogP contribution < -0.4 is 11.3 Å². The highest BCUT2D eigenvalue weighted by molar-refractivity contribution is 7.99. The average Bonchev–Trinajstić information content (AvgIpc) is 2.67. The van der Waals surface area contributed by atoms with Gasteiger partial charge in [0, 0.05) is 11.9 Å². The van der Waals surface area contributed by atoms with E-state index < -0.39 is 0 Å². The highest BCUT2D eigenvalue weighted by Crippen LogP contribution is 2.23. The summed E-state index contributed by atoms with van der Waals surface area (Å²) in [5.41, 5.74) is 2.55. The first kappa shape index (κ1) is 14.1. The van der Waals surface area contributed by atoms with E-state index in [1.807, 2.05) is 6.92 Å². The minimum Gasteiger partial charge on any atom is -0.465 e. The molecule has 1 atom stereocenters. The Morgan fingerprint density at radius 1 is 1.71 bits per heavy atom. The Kier molecular flexibility index (Phi) is 5.54. The van der Waals surface area contributed by atoms with Crippen LogP contribution in [0.25, 0.3) is 0 Å². The average molecular weight is 258 g/mol. The Labute approximate surface area is 105 Å². The summed E-state index contributed by atoms with van der Waals surface area (Å²) in [5, 5.41) is 9.14. The lowest BCUT2D eigenvalue weighted by atomic mass is 10.2. The number of carbonyl (C=O) groups is 1. The third-order valence-corrected chi connectivity index (χ3v) is 3.65. The Hall–Kier alpha value is -0.980. The minimum absolute atomic E-state index is 0.187. The van der Waals surface area contributed by atoms with Crippen LogP contribution in [0.3, 0.4) is 0 Å². The third kappa shape index (κ3) is 4.07. The van der Waals surface area contributed by atoms with Crippen LogP contribution in [0.5, 0.6) is 0 Å². The van der Waals surface area contributed by atoms with Gasteiger partial charge in [0.2, 0.25) is 0 Å². The second kappa shape index (κ2) is 6.68. The van der Waals surface area contributed by atoms with E-state index >= 15 is 0 Å². The van der Waals surface area contributed by atoms with Gasteiger partial charge in [-0.3, -0.25) is 10.2 Å². The summed E-state index contributed by atoms with van der Waals surface area (Å²) in [4.78, 5) is 11.4. The molecule has 1 aromatic rings. The molecule has 0 saturated carbocycles. The summed E-state index contributed by atoms with van der Waals surface area (Å²) < 4.78 is 5.47. The van der Waals surface area contributed by atoms with Gasteiger partial charge >= 0.3 is 0 Å². The quantitative estimate of drug-likeness (QED) is 0.405. The lowest BCUT2D eigenvalue weighted by molar-refractivity contribution is 0.0952. The molecule has 0 aliphatic heterocycles. The molecular weight excluding hydrogens is 240 g/mol. The molecule has 1 amide bonds. The molecule has 0 aliphatic carbocycles. The molecule has 0 aromatic carbocycles. The van der Waals surface area contributed by atoms with Crippen molar-refractivity contribution in [1.29, 1.82) is 0 Å². The van der Waals surface area contributed by atoms with Crippen LogP contribution >= 0.6 is 11.8 Å². The van der Waals surface area contributed by atoms with Gasteiger partial charge in [-0.25, -0.2) is 5.84 Å². The number of thioether (sulfide) groups is 1. The van der Waals surface area contributed by atoms with Crippen LogP contribution in [0.2, 0.25) is 0 Å². The van der Waals surface area contributed by atoms with Crippen molar-refractivity contribution in [2.45, 2.75) is 31.3 Å². The van der Waals surface area contributed by atoms with Gasteiger partial charge in [-0.05, 0) is 19.4 Å². The molecule has 5 nitrogen and oxygen atoms in total. The molecule has 1 unspecified atom stereocenters. The molecule has 17 heavy (non-hydrogen) atoms. The second-order valence-corrected chi connectivity index (χ2v) is 5.22. The van der Waals surface area contributed by atoms with Crippen LogP contribution in [-0.2, 0) is 5.75 Å². The van der Waals surface area contributed by atoms with Gasteiger partial charge in [0.25, 0.3) is 5.91 Å². The molecule has 1 rings (SSSR count). The summed E-state index contributed by atoms with van der Waals surface area (Å²) in [6, 6.07) is 1.70. The molecule has 0 bridgehead atoms. The Morgan fingerprint density at radius 2 is 2.41 bits per heavy atom. The Morgan fingerprint density at radius 3 is 3.00 bits per heavy atom. The van der Waals surface area contributed by atoms with Crippen molar-refractivity contribution in [2.24, 2.45) is 5.84 Å². The van der Waals surface area contributed by atoms with Crippen LogP contribution in [0.15, 0.2) is 10.5 Å². The van der Waals surface area contributed by atoms with Crippen LogP contribution in [0, 0.1) is 6.92 Å². The maximum Gasteiger partial charge on any atom is 0.268 e. The van der Waals surface area contributed by atoms with Crippen LogP contribution in [-0.4, -0.2) is 22.9 Å². The fourth-order valence-electron chi connectivity index (χ4n) is 1.41. The second-order valence-electron chi connectivity index (χ2n) is 3.79. The summed E-state index contributed by atoms with van der Waals surface area (Å²) in [6.07, 6.45) is 0.750. The summed E-state index contributed by atoms with van der Waals surface area (Å²) >= 11 is 1.68. The van der Waals surface area contributed by atoms with E-state index in [4.69, 9.17) is 15.4 Å². The maximum absolute atomic E-state index is 11.4. The Balaban J connectivity index is 2.58. The topological polar surface area (TPSA) is 88.5 Å². The van der Waals surface area contributed by atoms with Gasteiger partial charge in [-0.2, -0.15) is 11.8 Å². The van der Waals surface area contributed by atoms with Gasteiger partial charge in [-0.1, -0.05) is 6.92 Å². The van der Waals surface area contributed by atoms with E-state index in [9.17, 15) is 4.79 Å². The standard InChI is InChI=1S/C11H18N2O3S/c1-7(3-4-14)17-6-9-5-10(8(2)16-9)11(15)13-12/h5,7,14H,3-4,6,12H2,1-2H3,(H,13,15). The number of nitrogen functional groups attached to an aromatic ring is 1. The molecular formula is C11H18N2O3S. The fourth-order valence-corrected chi connectivity index (χ4v) is 2.27. The van der Waals surface area contributed by atoms with Gasteiger partial charge in [0.15, 0.2) is 0 Å². The lowest BCUT2D eigenvalue weighted by Crippen LogP contribution is -2.30. The third-order valence-electron chi connectivity index (χ3n) is 2.39. The maximum atomic E-state index is 11.4. The minimum atomic E-state index is -0.342. The molecule has 4 N–H and O–H groups in total. The first-order valence-electron chi connectivity index (χ1n) is 5.41. The van der Waals surface area contributed by atoms with Crippen molar-refractivity contribution >= 4 is 17.7 Å². The fraction of sp³-hybridized carbons (Fsp3) is 0.545. The smallest absolute Gasteiger partial charge is 0.268 e. The molecule has 0 fully saturated rings. The number of hydrazine groups is 1. The monoisotopic (exact) mass is 258 g/mol. The summed E-state index contributed by atoms with van der Waals surface area (Å²) in [6.45, 7) is 3.96. The first-order valence-corrected chi connectivity index (χ1v) is 6.46. The summed E-state index contributed by atoms with van der Waals surface area (Å²) in [5.74, 6) is 6.72. The van der Waals surface area contributed by atoms with Crippen molar-refractivity contribution in [3.05, 3.63) is 23.2 Å². The highest BCUT2D eigenvalue weighted by atomic mass is 32.2. The number of nitrogens with one attached hydrogen (secondary N) is 1.